The van der Waals surface area contributed by atoms with Crippen LogP contribution >= 0.6 is 11.6 Å². The number of benzene rings is 1. The van der Waals surface area contributed by atoms with E-state index in [-0.39, 0.29) is 11.6 Å². The van der Waals surface area contributed by atoms with E-state index < -0.39 is 11.6 Å². The Bertz CT molecular complexity index is 377. The number of alkyl halides is 1. The largest absolute Gasteiger partial charge is 0.367 e. The lowest BCUT2D eigenvalue weighted by Crippen LogP contribution is -2.34. The van der Waals surface area contributed by atoms with Gasteiger partial charge in [-0.3, -0.25) is 0 Å². The number of hydrogen-bond donors (Lipinski definition) is 0. The molecular weight excluding hydrogens is 244 g/mol. The lowest BCUT2D eigenvalue weighted by atomic mass is 9.98. The molecule has 1 nitrogen and oxygen atoms in total. The molecule has 0 N–H and O–H groups in total. The van der Waals surface area contributed by atoms with Gasteiger partial charge in [0.25, 0.3) is 0 Å². The van der Waals surface area contributed by atoms with E-state index in [4.69, 9.17) is 11.6 Å². The van der Waals surface area contributed by atoms with Gasteiger partial charge in [0.05, 0.1) is 0 Å². The molecule has 0 unspecified atom stereocenters. The van der Waals surface area contributed by atoms with Crippen LogP contribution in [0.1, 0.15) is 25.3 Å². The molecule has 17 heavy (non-hydrogen) atoms. The monoisotopic (exact) mass is 259 g/mol. The molecule has 0 radical (unpaired) electrons. The average molecular weight is 260 g/mol. The number of piperidine rings is 1. The minimum atomic E-state index is -0.504. The Kier molecular flexibility index (Phi) is 3.87. The quantitative estimate of drug-likeness (QED) is 0.727. The summed E-state index contributed by atoms with van der Waals surface area (Å²) in [7, 11) is 0. The molecule has 1 aliphatic heterocycles. The van der Waals surface area contributed by atoms with Crippen molar-refractivity contribution in [2.75, 3.05) is 18.0 Å². The highest BCUT2D eigenvalue weighted by atomic mass is 35.5. The van der Waals surface area contributed by atoms with Crippen molar-refractivity contribution < 1.29 is 8.78 Å². The first-order valence-corrected chi connectivity index (χ1v) is 6.44. The molecule has 1 aliphatic rings. The zero-order valence-corrected chi connectivity index (χ0v) is 10.6. The third-order valence-corrected chi connectivity index (χ3v) is 3.64. The molecule has 0 spiro atoms. The highest BCUT2D eigenvalue weighted by Gasteiger charge is 2.22. The van der Waals surface area contributed by atoms with Gasteiger partial charge in [0, 0.05) is 19.0 Å². The Morgan fingerprint density at radius 1 is 1.24 bits per heavy atom. The van der Waals surface area contributed by atoms with Gasteiger partial charge in [-0.15, -0.1) is 11.6 Å². The van der Waals surface area contributed by atoms with Crippen LogP contribution in [0.4, 0.5) is 14.5 Å². The van der Waals surface area contributed by atoms with E-state index in [0.717, 1.165) is 25.9 Å². The fraction of sp³-hybridized carbons (Fsp3) is 0.538. The summed E-state index contributed by atoms with van der Waals surface area (Å²) in [6.07, 6.45) is 1.96. The van der Waals surface area contributed by atoms with Crippen molar-refractivity contribution in [2.45, 2.75) is 25.6 Å². The Morgan fingerprint density at radius 3 is 2.24 bits per heavy atom. The number of hydrogen-bond acceptors (Lipinski definition) is 1. The summed E-state index contributed by atoms with van der Waals surface area (Å²) in [6.45, 7) is 3.60. The number of anilines is 1. The second-order valence-electron chi connectivity index (χ2n) is 4.71. The molecule has 1 saturated heterocycles. The molecular formula is C13H16ClF2N. The predicted molar refractivity (Wildman–Crippen MR) is 66.5 cm³/mol. The first kappa shape index (κ1) is 12.6. The first-order valence-electron chi connectivity index (χ1n) is 5.90. The highest BCUT2D eigenvalue weighted by molar-refractivity contribution is 6.17. The topological polar surface area (TPSA) is 3.24 Å². The van der Waals surface area contributed by atoms with Crippen molar-refractivity contribution in [1.29, 1.82) is 0 Å². The minimum absolute atomic E-state index is 0.103. The molecule has 0 atom stereocenters. The lowest BCUT2D eigenvalue weighted by Gasteiger charge is -2.32. The Hall–Kier alpha value is -0.830. The molecule has 0 amide bonds. The smallest absolute Gasteiger partial charge is 0.149 e. The maximum atomic E-state index is 13.8. The van der Waals surface area contributed by atoms with Crippen molar-refractivity contribution in [2.24, 2.45) is 5.92 Å². The average Bonchev–Trinajstić information content (AvgIpc) is 2.30. The van der Waals surface area contributed by atoms with E-state index in [2.05, 4.69) is 6.92 Å². The predicted octanol–water partition coefficient (Wildman–Crippen LogP) is 3.94. The van der Waals surface area contributed by atoms with E-state index >= 15 is 0 Å². The van der Waals surface area contributed by atoms with Crippen LogP contribution in [0.15, 0.2) is 12.1 Å². The van der Waals surface area contributed by atoms with E-state index in [1.54, 1.807) is 4.90 Å². The number of rotatable bonds is 2. The van der Waals surface area contributed by atoms with Crippen molar-refractivity contribution >= 4 is 17.3 Å². The van der Waals surface area contributed by atoms with Gasteiger partial charge in [0.15, 0.2) is 0 Å². The number of nitrogens with zero attached hydrogens (tertiary/aromatic N) is 1. The fourth-order valence-electron chi connectivity index (χ4n) is 2.23. The lowest BCUT2D eigenvalue weighted by molar-refractivity contribution is 0.429. The maximum absolute atomic E-state index is 13.8. The minimum Gasteiger partial charge on any atom is -0.367 e. The van der Waals surface area contributed by atoms with Crippen LogP contribution in [0.2, 0.25) is 0 Å². The molecule has 0 aliphatic carbocycles. The zero-order valence-electron chi connectivity index (χ0n) is 9.85. The number of halogens is 3. The van der Waals surface area contributed by atoms with Crippen LogP contribution in [0.3, 0.4) is 0 Å². The molecule has 0 bridgehead atoms. The molecule has 4 heteroatoms. The third-order valence-electron chi connectivity index (χ3n) is 3.33. The molecule has 1 fully saturated rings. The Balaban J connectivity index is 2.26. The van der Waals surface area contributed by atoms with Crippen molar-refractivity contribution in [3.63, 3.8) is 0 Å². The van der Waals surface area contributed by atoms with Gasteiger partial charge < -0.3 is 4.90 Å². The van der Waals surface area contributed by atoms with Gasteiger partial charge in [0.2, 0.25) is 0 Å². The van der Waals surface area contributed by atoms with Crippen LogP contribution in [0, 0.1) is 17.6 Å². The van der Waals surface area contributed by atoms with Crippen LogP contribution in [0.25, 0.3) is 0 Å². The fourth-order valence-corrected chi connectivity index (χ4v) is 2.38. The summed E-state index contributed by atoms with van der Waals surface area (Å²) >= 11 is 5.58. The normalized spacial score (nSPS) is 17.5. The van der Waals surface area contributed by atoms with Crippen molar-refractivity contribution in [3.05, 3.63) is 29.3 Å². The van der Waals surface area contributed by atoms with Gasteiger partial charge >= 0.3 is 0 Å². The standard InChI is InChI=1S/C13H16ClF2N/c1-9-2-4-17(5-3-9)13-11(15)6-10(8-14)7-12(13)16/h6-7,9H,2-5,8H2,1H3. The van der Waals surface area contributed by atoms with Gasteiger partial charge in [-0.2, -0.15) is 0 Å². The second-order valence-corrected chi connectivity index (χ2v) is 4.98. The summed E-state index contributed by atoms with van der Waals surface area (Å²) in [5.74, 6) is -0.240. The molecule has 94 valence electrons. The zero-order chi connectivity index (χ0) is 12.4. The van der Waals surface area contributed by atoms with Crippen molar-refractivity contribution in [1.82, 2.24) is 0 Å². The highest BCUT2D eigenvalue weighted by Crippen LogP contribution is 2.29. The molecule has 1 aromatic rings. The van der Waals surface area contributed by atoms with Gasteiger partial charge in [-0.05, 0) is 36.5 Å². The SMILES string of the molecule is CC1CCN(c2c(F)cc(CCl)cc2F)CC1. The van der Waals surface area contributed by atoms with E-state index in [1.165, 1.54) is 12.1 Å². The molecule has 0 aromatic heterocycles. The van der Waals surface area contributed by atoms with Crippen LogP contribution in [-0.4, -0.2) is 13.1 Å². The second kappa shape index (κ2) is 5.21. The molecule has 2 rings (SSSR count). The summed E-state index contributed by atoms with van der Waals surface area (Å²) in [5.41, 5.74) is 0.585. The summed E-state index contributed by atoms with van der Waals surface area (Å²) in [6, 6.07) is 2.65. The van der Waals surface area contributed by atoms with Crippen LogP contribution < -0.4 is 4.90 Å². The van der Waals surface area contributed by atoms with Crippen LogP contribution in [-0.2, 0) is 5.88 Å². The Morgan fingerprint density at radius 2 is 1.76 bits per heavy atom. The van der Waals surface area contributed by atoms with Gasteiger partial charge in [-0.1, -0.05) is 6.92 Å². The van der Waals surface area contributed by atoms with E-state index in [9.17, 15) is 8.78 Å². The van der Waals surface area contributed by atoms with E-state index in [0.29, 0.717) is 11.5 Å². The van der Waals surface area contributed by atoms with Gasteiger partial charge in [-0.25, -0.2) is 8.78 Å². The first-order chi connectivity index (χ1) is 8.11. The van der Waals surface area contributed by atoms with Gasteiger partial charge in [0.1, 0.15) is 17.3 Å². The molecule has 0 saturated carbocycles. The molecule has 1 aromatic carbocycles. The Labute approximate surface area is 105 Å². The maximum Gasteiger partial charge on any atom is 0.149 e. The third kappa shape index (κ3) is 2.71. The van der Waals surface area contributed by atoms with E-state index in [1.807, 2.05) is 0 Å². The van der Waals surface area contributed by atoms with Crippen LogP contribution in [0.5, 0.6) is 0 Å². The van der Waals surface area contributed by atoms with Crippen molar-refractivity contribution in [3.8, 4) is 0 Å². The summed E-state index contributed by atoms with van der Waals surface area (Å²) < 4.78 is 27.7. The molecule has 1 heterocycles. The summed E-state index contributed by atoms with van der Waals surface area (Å²) in [5, 5.41) is 0. The summed E-state index contributed by atoms with van der Waals surface area (Å²) in [4.78, 5) is 1.79.